The molecule has 3 amide bonds. The van der Waals surface area contributed by atoms with Gasteiger partial charge in [0.05, 0.1) is 6.54 Å². The molecule has 30 heavy (non-hydrogen) atoms. The Kier molecular flexibility index (Phi) is 7.52. The van der Waals surface area contributed by atoms with Gasteiger partial charge in [0.25, 0.3) is 17.7 Å². The summed E-state index contributed by atoms with van der Waals surface area (Å²) in [4.78, 5) is 36.0. The number of hydrogen-bond donors (Lipinski definition) is 3. The Morgan fingerprint density at radius 1 is 0.967 bits per heavy atom. The highest BCUT2D eigenvalue weighted by Gasteiger charge is 2.17. The average Bonchev–Trinajstić information content (AvgIpc) is 2.71. The van der Waals surface area contributed by atoms with E-state index in [2.05, 4.69) is 36.9 Å². The molecule has 0 spiro atoms. The molecular formula is C22H26FN3O4. The van der Waals surface area contributed by atoms with Crippen LogP contribution in [0.5, 0.6) is 5.75 Å². The van der Waals surface area contributed by atoms with Crippen LogP contribution >= 0.6 is 0 Å². The maximum Gasteiger partial charge on any atom is 0.279 e. The maximum atomic E-state index is 12.9. The van der Waals surface area contributed by atoms with Gasteiger partial charge in [-0.1, -0.05) is 32.9 Å². The predicted octanol–water partition coefficient (Wildman–Crippen LogP) is 2.47. The van der Waals surface area contributed by atoms with Crippen molar-refractivity contribution in [2.75, 3.05) is 6.54 Å². The van der Waals surface area contributed by atoms with Crippen molar-refractivity contribution in [3.63, 3.8) is 0 Å². The number of ether oxygens (including phenoxy) is 1. The predicted molar refractivity (Wildman–Crippen MR) is 110 cm³/mol. The van der Waals surface area contributed by atoms with E-state index in [0.29, 0.717) is 11.3 Å². The van der Waals surface area contributed by atoms with Crippen LogP contribution in [0.1, 0.15) is 43.6 Å². The quantitative estimate of drug-likeness (QED) is 0.632. The van der Waals surface area contributed by atoms with Crippen molar-refractivity contribution in [1.82, 2.24) is 16.2 Å². The topological polar surface area (TPSA) is 96.5 Å². The number of hydrogen-bond acceptors (Lipinski definition) is 4. The zero-order chi connectivity index (χ0) is 22.3. The van der Waals surface area contributed by atoms with Gasteiger partial charge in [-0.2, -0.15) is 0 Å². The van der Waals surface area contributed by atoms with E-state index in [1.54, 1.807) is 12.1 Å². The Balaban J connectivity index is 1.75. The molecule has 160 valence electrons. The lowest BCUT2D eigenvalue weighted by Crippen LogP contribution is -2.50. The second kappa shape index (κ2) is 9.87. The molecule has 8 heteroatoms. The Hall–Kier alpha value is -3.42. The third-order valence-corrected chi connectivity index (χ3v) is 4.24. The summed E-state index contributed by atoms with van der Waals surface area (Å²) in [6.45, 7) is 7.39. The molecule has 2 aromatic carbocycles. The van der Waals surface area contributed by atoms with Crippen molar-refractivity contribution < 1.29 is 23.5 Å². The highest BCUT2D eigenvalue weighted by atomic mass is 19.1. The summed E-state index contributed by atoms with van der Waals surface area (Å²) in [5.41, 5.74) is 5.92. The Morgan fingerprint density at radius 2 is 1.57 bits per heavy atom. The first-order chi connectivity index (χ1) is 14.1. The Labute approximate surface area is 175 Å². The first kappa shape index (κ1) is 22.9. The van der Waals surface area contributed by atoms with Crippen LogP contribution in [0, 0.1) is 5.82 Å². The van der Waals surface area contributed by atoms with E-state index < -0.39 is 29.6 Å². The van der Waals surface area contributed by atoms with Gasteiger partial charge in [0.2, 0.25) is 0 Å². The summed E-state index contributed by atoms with van der Waals surface area (Å²) < 4.78 is 18.2. The molecule has 0 aromatic heterocycles. The van der Waals surface area contributed by atoms with E-state index in [4.69, 9.17) is 4.74 Å². The summed E-state index contributed by atoms with van der Waals surface area (Å²) in [5, 5.41) is 2.49. The fourth-order valence-corrected chi connectivity index (χ4v) is 2.43. The first-order valence-corrected chi connectivity index (χ1v) is 9.46. The minimum Gasteiger partial charge on any atom is -0.481 e. The van der Waals surface area contributed by atoms with E-state index in [0.717, 1.165) is 5.56 Å². The molecule has 3 N–H and O–H groups in total. The number of hydrazine groups is 1. The van der Waals surface area contributed by atoms with Crippen molar-refractivity contribution in [3.8, 4) is 5.75 Å². The van der Waals surface area contributed by atoms with Crippen molar-refractivity contribution in [3.05, 3.63) is 65.5 Å². The zero-order valence-electron chi connectivity index (χ0n) is 17.4. The van der Waals surface area contributed by atoms with Crippen molar-refractivity contribution in [2.24, 2.45) is 0 Å². The molecule has 0 aliphatic carbocycles. The van der Waals surface area contributed by atoms with Gasteiger partial charge < -0.3 is 10.1 Å². The van der Waals surface area contributed by atoms with Crippen LogP contribution in [0.25, 0.3) is 0 Å². The van der Waals surface area contributed by atoms with E-state index in [1.807, 2.05) is 12.1 Å². The van der Waals surface area contributed by atoms with Crippen LogP contribution in [0.3, 0.4) is 0 Å². The molecule has 0 fully saturated rings. The molecule has 0 bridgehead atoms. The van der Waals surface area contributed by atoms with Gasteiger partial charge in [-0.15, -0.1) is 0 Å². The van der Waals surface area contributed by atoms with Gasteiger partial charge in [0.15, 0.2) is 6.10 Å². The van der Waals surface area contributed by atoms with Crippen LogP contribution in [-0.4, -0.2) is 30.4 Å². The van der Waals surface area contributed by atoms with Crippen molar-refractivity contribution in [2.45, 2.75) is 39.2 Å². The van der Waals surface area contributed by atoms with Crippen LogP contribution in [0.4, 0.5) is 4.39 Å². The summed E-state index contributed by atoms with van der Waals surface area (Å²) in [5.74, 6) is -1.70. The summed E-state index contributed by atoms with van der Waals surface area (Å²) in [6, 6.07) is 12.3. The normalized spacial score (nSPS) is 11.9. The first-order valence-electron chi connectivity index (χ1n) is 9.46. The summed E-state index contributed by atoms with van der Waals surface area (Å²) in [7, 11) is 0. The van der Waals surface area contributed by atoms with E-state index >= 15 is 0 Å². The van der Waals surface area contributed by atoms with Crippen LogP contribution < -0.4 is 20.9 Å². The van der Waals surface area contributed by atoms with Gasteiger partial charge >= 0.3 is 0 Å². The second-order valence-corrected chi connectivity index (χ2v) is 7.76. The largest absolute Gasteiger partial charge is 0.481 e. The number of carbonyl (C=O) groups is 3. The SMILES string of the molecule is CC(Oc1ccc(F)cc1)C(=O)NNC(=O)CNC(=O)c1ccc(C(C)(C)C)cc1. The third-order valence-electron chi connectivity index (χ3n) is 4.24. The fraction of sp³-hybridized carbons (Fsp3) is 0.318. The molecule has 2 aromatic rings. The Morgan fingerprint density at radius 3 is 2.13 bits per heavy atom. The molecule has 0 radical (unpaired) electrons. The smallest absolute Gasteiger partial charge is 0.279 e. The number of rotatable bonds is 6. The maximum absolute atomic E-state index is 12.9. The fourth-order valence-electron chi connectivity index (χ4n) is 2.43. The van der Waals surface area contributed by atoms with Crippen molar-refractivity contribution >= 4 is 17.7 Å². The lowest BCUT2D eigenvalue weighted by Gasteiger charge is -2.19. The van der Waals surface area contributed by atoms with Gasteiger partial charge in [0.1, 0.15) is 11.6 Å². The van der Waals surface area contributed by atoms with Gasteiger partial charge in [-0.05, 0) is 54.3 Å². The number of amides is 3. The van der Waals surface area contributed by atoms with Gasteiger partial charge in [-0.3, -0.25) is 25.2 Å². The lowest BCUT2D eigenvalue weighted by molar-refractivity contribution is -0.132. The minimum absolute atomic E-state index is 0.0232. The molecule has 0 heterocycles. The number of nitrogens with one attached hydrogen (secondary N) is 3. The van der Waals surface area contributed by atoms with Crippen LogP contribution in [-0.2, 0) is 15.0 Å². The third kappa shape index (κ3) is 6.88. The van der Waals surface area contributed by atoms with Crippen LogP contribution in [0.15, 0.2) is 48.5 Å². The zero-order valence-corrected chi connectivity index (χ0v) is 17.4. The van der Waals surface area contributed by atoms with Crippen molar-refractivity contribution in [1.29, 1.82) is 0 Å². The molecule has 0 aliphatic heterocycles. The minimum atomic E-state index is -0.924. The number of halogens is 1. The number of carbonyl (C=O) groups excluding carboxylic acids is 3. The van der Waals surface area contributed by atoms with Crippen LogP contribution in [0.2, 0.25) is 0 Å². The van der Waals surface area contributed by atoms with Gasteiger partial charge in [0, 0.05) is 5.56 Å². The number of benzene rings is 2. The molecule has 7 nitrogen and oxygen atoms in total. The summed E-state index contributed by atoms with van der Waals surface area (Å²) in [6.07, 6.45) is -0.924. The Bertz CT molecular complexity index is 890. The monoisotopic (exact) mass is 415 g/mol. The molecular weight excluding hydrogens is 389 g/mol. The summed E-state index contributed by atoms with van der Waals surface area (Å²) >= 11 is 0. The molecule has 0 saturated heterocycles. The van der Waals surface area contributed by atoms with E-state index in [1.165, 1.54) is 31.2 Å². The molecule has 1 atom stereocenters. The molecule has 1 unspecified atom stereocenters. The molecule has 0 aliphatic rings. The average molecular weight is 415 g/mol. The van der Waals surface area contributed by atoms with E-state index in [9.17, 15) is 18.8 Å². The molecule has 0 saturated carbocycles. The highest BCUT2D eigenvalue weighted by Crippen LogP contribution is 2.22. The molecule has 2 rings (SSSR count). The second-order valence-electron chi connectivity index (χ2n) is 7.76. The standard InChI is InChI=1S/C22H26FN3O4/c1-14(30-18-11-9-17(23)10-12-18)20(28)26-25-19(27)13-24-21(29)15-5-7-16(8-6-15)22(2,3)4/h5-12,14H,13H2,1-4H3,(H,24,29)(H,25,27)(H,26,28). The van der Waals surface area contributed by atoms with E-state index in [-0.39, 0.29) is 12.0 Å². The lowest BCUT2D eigenvalue weighted by atomic mass is 9.87. The van der Waals surface area contributed by atoms with Gasteiger partial charge in [-0.25, -0.2) is 4.39 Å². The highest BCUT2D eigenvalue weighted by molar-refractivity contribution is 5.96.